The van der Waals surface area contributed by atoms with Crippen LogP contribution in [0.2, 0.25) is 0 Å². The first-order chi connectivity index (χ1) is 8.54. The summed E-state index contributed by atoms with van der Waals surface area (Å²) in [6, 6.07) is 10.7. The van der Waals surface area contributed by atoms with Crippen LogP contribution in [0.5, 0.6) is 0 Å². The summed E-state index contributed by atoms with van der Waals surface area (Å²) in [4.78, 5) is 4.34. The highest BCUT2D eigenvalue weighted by molar-refractivity contribution is 5.78. The Morgan fingerprint density at radius 2 is 2.00 bits per heavy atom. The van der Waals surface area contributed by atoms with Gasteiger partial charge in [0.2, 0.25) is 0 Å². The molecule has 1 aromatic carbocycles. The summed E-state index contributed by atoms with van der Waals surface area (Å²) in [5.41, 5.74) is 2.69. The molecule has 0 aliphatic heterocycles. The molecule has 1 N–H and O–H groups in total. The molecule has 1 heterocycles. The van der Waals surface area contributed by atoms with Gasteiger partial charge in [0.1, 0.15) is 0 Å². The fourth-order valence-corrected chi connectivity index (χ4v) is 2.04. The van der Waals surface area contributed by atoms with Crippen LogP contribution in [0.4, 0.5) is 0 Å². The van der Waals surface area contributed by atoms with Crippen LogP contribution in [0.1, 0.15) is 32.8 Å². The third-order valence-corrected chi connectivity index (χ3v) is 2.96. The van der Waals surface area contributed by atoms with Crippen LogP contribution in [-0.2, 0) is 6.42 Å². The van der Waals surface area contributed by atoms with Gasteiger partial charge in [0.15, 0.2) is 0 Å². The zero-order valence-corrected chi connectivity index (χ0v) is 11.5. The molecular formula is C16H22N2. The van der Waals surface area contributed by atoms with Gasteiger partial charge in [-0.3, -0.25) is 4.98 Å². The number of pyridine rings is 1. The molecule has 0 saturated carbocycles. The Bertz CT molecular complexity index is 512. The molecular weight excluding hydrogens is 220 g/mol. The summed E-state index contributed by atoms with van der Waals surface area (Å²) in [6.07, 6.45) is 4.13. The van der Waals surface area contributed by atoms with Gasteiger partial charge in [-0.25, -0.2) is 0 Å². The van der Waals surface area contributed by atoms with Gasteiger partial charge in [-0.05, 0) is 63.9 Å². The zero-order valence-electron chi connectivity index (χ0n) is 11.5. The van der Waals surface area contributed by atoms with Crippen molar-refractivity contribution >= 4 is 10.9 Å². The number of hydrogen-bond acceptors (Lipinski definition) is 2. The molecule has 0 aliphatic rings. The third-order valence-electron chi connectivity index (χ3n) is 2.96. The summed E-state index contributed by atoms with van der Waals surface area (Å²) >= 11 is 0. The van der Waals surface area contributed by atoms with E-state index in [2.05, 4.69) is 55.3 Å². The van der Waals surface area contributed by atoms with Gasteiger partial charge in [-0.15, -0.1) is 0 Å². The Balaban J connectivity index is 1.92. The molecule has 0 amide bonds. The largest absolute Gasteiger partial charge is 0.312 e. The average molecular weight is 242 g/mol. The Kier molecular flexibility index (Phi) is 3.97. The van der Waals surface area contributed by atoms with Crippen LogP contribution in [0.25, 0.3) is 10.9 Å². The van der Waals surface area contributed by atoms with Crippen molar-refractivity contribution in [3.8, 4) is 0 Å². The van der Waals surface area contributed by atoms with Crippen molar-refractivity contribution in [1.29, 1.82) is 0 Å². The molecule has 2 rings (SSSR count). The highest BCUT2D eigenvalue weighted by Gasteiger charge is 2.07. The molecule has 0 atom stereocenters. The molecule has 0 saturated heterocycles. The van der Waals surface area contributed by atoms with E-state index in [-0.39, 0.29) is 5.54 Å². The van der Waals surface area contributed by atoms with Gasteiger partial charge in [-0.2, -0.15) is 0 Å². The minimum absolute atomic E-state index is 0.216. The number of aryl methyl sites for hydroxylation is 1. The second-order valence-electron chi connectivity index (χ2n) is 5.81. The topological polar surface area (TPSA) is 24.9 Å². The molecule has 0 aliphatic carbocycles. The number of hydrogen-bond donors (Lipinski definition) is 1. The van der Waals surface area contributed by atoms with Gasteiger partial charge in [0.05, 0.1) is 5.52 Å². The van der Waals surface area contributed by atoms with Crippen molar-refractivity contribution < 1.29 is 0 Å². The summed E-state index contributed by atoms with van der Waals surface area (Å²) in [6.45, 7) is 7.67. The second-order valence-corrected chi connectivity index (χ2v) is 5.81. The molecule has 0 spiro atoms. The maximum Gasteiger partial charge on any atom is 0.0702 e. The minimum atomic E-state index is 0.216. The smallest absolute Gasteiger partial charge is 0.0702 e. The summed E-state index contributed by atoms with van der Waals surface area (Å²) in [5, 5.41) is 4.75. The predicted molar refractivity (Wildman–Crippen MR) is 77.8 cm³/mol. The maximum absolute atomic E-state index is 4.34. The summed E-state index contributed by atoms with van der Waals surface area (Å²) < 4.78 is 0. The van der Waals surface area contributed by atoms with E-state index in [0.29, 0.717) is 0 Å². The van der Waals surface area contributed by atoms with E-state index >= 15 is 0 Å². The van der Waals surface area contributed by atoms with E-state index < -0.39 is 0 Å². The van der Waals surface area contributed by atoms with Crippen LogP contribution >= 0.6 is 0 Å². The van der Waals surface area contributed by atoms with Gasteiger partial charge in [0.25, 0.3) is 0 Å². The molecule has 1 aromatic heterocycles. The molecule has 2 aromatic rings. The number of rotatable bonds is 4. The second kappa shape index (κ2) is 5.49. The van der Waals surface area contributed by atoms with Gasteiger partial charge >= 0.3 is 0 Å². The molecule has 2 nitrogen and oxygen atoms in total. The molecule has 96 valence electrons. The molecule has 2 heteroatoms. The average Bonchev–Trinajstić information content (AvgIpc) is 2.33. The lowest BCUT2D eigenvalue weighted by molar-refractivity contribution is 0.422. The van der Waals surface area contributed by atoms with E-state index in [4.69, 9.17) is 0 Å². The van der Waals surface area contributed by atoms with Gasteiger partial charge in [0, 0.05) is 17.1 Å². The minimum Gasteiger partial charge on any atom is -0.312 e. The van der Waals surface area contributed by atoms with Crippen molar-refractivity contribution in [2.24, 2.45) is 0 Å². The first-order valence-corrected chi connectivity index (χ1v) is 6.63. The standard InChI is InChI=1S/C16H22N2/c1-16(2,3)18-11-4-6-13-8-9-15-14(12-13)7-5-10-17-15/h5,7-10,12,18H,4,6,11H2,1-3H3. The van der Waals surface area contributed by atoms with E-state index in [1.165, 1.54) is 17.4 Å². The number of nitrogens with one attached hydrogen (secondary N) is 1. The number of nitrogens with zero attached hydrogens (tertiary/aromatic N) is 1. The lowest BCUT2D eigenvalue weighted by atomic mass is 10.1. The molecule has 0 unspecified atom stereocenters. The summed E-state index contributed by atoms with van der Waals surface area (Å²) in [7, 11) is 0. The lowest BCUT2D eigenvalue weighted by Gasteiger charge is -2.20. The number of fused-ring (bicyclic) bond motifs is 1. The van der Waals surface area contributed by atoms with Crippen LogP contribution in [0, 0.1) is 0 Å². The number of aromatic nitrogens is 1. The van der Waals surface area contributed by atoms with Crippen molar-refractivity contribution in [1.82, 2.24) is 10.3 Å². The molecule has 0 radical (unpaired) electrons. The Hall–Kier alpha value is -1.41. The Morgan fingerprint density at radius 1 is 1.17 bits per heavy atom. The van der Waals surface area contributed by atoms with Gasteiger partial charge in [-0.1, -0.05) is 12.1 Å². The van der Waals surface area contributed by atoms with Crippen molar-refractivity contribution in [2.45, 2.75) is 39.2 Å². The molecule has 0 bridgehead atoms. The van der Waals surface area contributed by atoms with E-state index in [9.17, 15) is 0 Å². The van der Waals surface area contributed by atoms with Crippen LogP contribution < -0.4 is 5.32 Å². The van der Waals surface area contributed by atoms with E-state index in [1.807, 2.05) is 12.3 Å². The monoisotopic (exact) mass is 242 g/mol. The maximum atomic E-state index is 4.34. The summed E-state index contributed by atoms with van der Waals surface area (Å²) in [5.74, 6) is 0. The Morgan fingerprint density at radius 3 is 2.78 bits per heavy atom. The quantitative estimate of drug-likeness (QED) is 0.829. The Labute approximate surface area is 109 Å². The van der Waals surface area contributed by atoms with Crippen molar-refractivity contribution in [3.05, 3.63) is 42.1 Å². The van der Waals surface area contributed by atoms with E-state index in [1.54, 1.807) is 0 Å². The van der Waals surface area contributed by atoms with Gasteiger partial charge < -0.3 is 5.32 Å². The molecule has 18 heavy (non-hydrogen) atoms. The predicted octanol–water partition coefficient (Wildman–Crippen LogP) is 3.56. The fourth-order valence-electron chi connectivity index (χ4n) is 2.04. The highest BCUT2D eigenvalue weighted by Crippen LogP contribution is 2.14. The van der Waals surface area contributed by atoms with Crippen molar-refractivity contribution in [2.75, 3.05) is 6.54 Å². The normalized spacial score (nSPS) is 11.9. The van der Waals surface area contributed by atoms with E-state index in [0.717, 1.165) is 18.5 Å². The van der Waals surface area contributed by atoms with Crippen molar-refractivity contribution in [3.63, 3.8) is 0 Å². The highest BCUT2D eigenvalue weighted by atomic mass is 14.9. The van der Waals surface area contributed by atoms with Crippen LogP contribution in [0.15, 0.2) is 36.5 Å². The first-order valence-electron chi connectivity index (χ1n) is 6.63. The van der Waals surface area contributed by atoms with Crippen LogP contribution in [-0.4, -0.2) is 17.1 Å². The molecule has 0 fully saturated rings. The zero-order chi connectivity index (χ0) is 13.0. The lowest BCUT2D eigenvalue weighted by Crippen LogP contribution is -2.36. The number of benzene rings is 1. The first kappa shape index (κ1) is 13.0. The van der Waals surface area contributed by atoms with Crippen LogP contribution in [0.3, 0.4) is 0 Å². The third kappa shape index (κ3) is 3.81. The SMILES string of the molecule is CC(C)(C)NCCCc1ccc2ncccc2c1. The fraction of sp³-hybridized carbons (Fsp3) is 0.438.